The van der Waals surface area contributed by atoms with Crippen LogP contribution in [0.4, 0.5) is 0 Å². The van der Waals surface area contributed by atoms with Crippen LogP contribution in [0.15, 0.2) is 53.0 Å². The summed E-state index contributed by atoms with van der Waals surface area (Å²) in [6, 6.07) is 14.4. The molecule has 0 fully saturated rings. The maximum Gasteiger partial charge on any atom is 0.260 e. The molecule has 0 aliphatic carbocycles. The van der Waals surface area contributed by atoms with Crippen molar-refractivity contribution in [1.82, 2.24) is 10.2 Å². The zero-order valence-electron chi connectivity index (χ0n) is 14.4. The van der Waals surface area contributed by atoms with Gasteiger partial charge in [0.2, 0.25) is 5.91 Å². The van der Waals surface area contributed by atoms with Gasteiger partial charge in [-0.3, -0.25) is 9.59 Å². The molecule has 2 aromatic carbocycles. The van der Waals surface area contributed by atoms with Crippen molar-refractivity contribution in [3.63, 3.8) is 0 Å². The van der Waals surface area contributed by atoms with Gasteiger partial charge in [-0.25, -0.2) is 0 Å². The molecule has 0 saturated carbocycles. The van der Waals surface area contributed by atoms with E-state index in [1.54, 1.807) is 24.3 Å². The van der Waals surface area contributed by atoms with Gasteiger partial charge in [0.25, 0.3) is 5.91 Å². The first-order chi connectivity index (χ1) is 12.5. The topological polar surface area (TPSA) is 58.6 Å². The van der Waals surface area contributed by atoms with Crippen molar-refractivity contribution in [2.75, 3.05) is 19.7 Å². The second-order valence-corrected chi connectivity index (χ2v) is 6.91. The molecule has 7 heteroatoms. The summed E-state index contributed by atoms with van der Waals surface area (Å²) in [6.45, 7) is 2.52. The molecule has 0 saturated heterocycles. The zero-order chi connectivity index (χ0) is 18.9. The number of amides is 2. The monoisotopic (exact) mass is 438 g/mol. The van der Waals surface area contributed by atoms with Gasteiger partial charge in [0.05, 0.1) is 6.54 Å². The van der Waals surface area contributed by atoms with Crippen LogP contribution in [-0.2, 0) is 16.1 Å². The first-order valence-electron chi connectivity index (χ1n) is 8.15. The molecule has 2 amide bonds. The van der Waals surface area contributed by atoms with Crippen LogP contribution in [0.25, 0.3) is 0 Å². The van der Waals surface area contributed by atoms with E-state index in [-0.39, 0.29) is 25.0 Å². The van der Waals surface area contributed by atoms with Gasteiger partial charge in [-0.2, -0.15) is 0 Å². The van der Waals surface area contributed by atoms with E-state index < -0.39 is 0 Å². The van der Waals surface area contributed by atoms with Crippen molar-refractivity contribution in [3.05, 3.63) is 63.6 Å². The summed E-state index contributed by atoms with van der Waals surface area (Å²) in [5.41, 5.74) is 0.940. The average Bonchev–Trinajstić information content (AvgIpc) is 2.65. The van der Waals surface area contributed by atoms with Gasteiger partial charge in [-0.15, -0.1) is 0 Å². The summed E-state index contributed by atoms with van der Waals surface area (Å²) in [7, 11) is 0. The van der Waals surface area contributed by atoms with E-state index in [0.717, 1.165) is 10.0 Å². The molecule has 0 unspecified atom stereocenters. The summed E-state index contributed by atoms with van der Waals surface area (Å²) in [4.78, 5) is 25.8. The summed E-state index contributed by atoms with van der Waals surface area (Å²) < 4.78 is 6.41. The fourth-order valence-electron chi connectivity index (χ4n) is 2.18. The Labute approximate surface area is 166 Å². The number of hydrogen-bond acceptors (Lipinski definition) is 3. The number of likely N-dealkylation sites (N-methyl/N-ethyl adjacent to an activating group) is 1. The van der Waals surface area contributed by atoms with Crippen LogP contribution >= 0.6 is 27.5 Å². The number of rotatable bonds is 8. The first kappa shape index (κ1) is 20.3. The minimum atomic E-state index is -0.239. The van der Waals surface area contributed by atoms with E-state index in [1.165, 1.54) is 4.90 Å². The van der Waals surface area contributed by atoms with E-state index in [2.05, 4.69) is 21.2 Å². The van der Waals surface area contributed by atoms with E-state index in [4.69, 9.17) is 16.3 Å². The third-order valence-corrected chi connectivity index (χ3v) is 4.43. The third kappa shape index (κ3) is 6.69. The average molecular weight is 440 g/mol. The third-order valence-electron chi connectivity index (χ3n) is 3.65. The molecule has 138 valence electrons. The van der Waals surface area contributed by atoms with Gasteiger partial charge in [0.15, 0.2) is 6.61 Å². The summed E-state index contributed by atoms with van der Waals surface area (Å²) >= 11 is 9.17. The van der Waals surface area contributed by atoms with Crippen molar-refractivity contribution in [3.8, 4) is 5.75 Å². The van der Waals surface area contributed by atoms with Crippen molar-refractivity contribution < 1.29 is 14.3 Å². The standard InChI is InChI=1S/C19H20BrClN2O3/c1-2-23(19(25)13-26-17-9-5-15(20)6-10-17)12-18(24)22-11-14-3-7-16(21)8-4-14/h3-10H,2,11-13H2,1H3,(H,22,24). The molecule has 2 aromatic rings. The fraction of sp³-hybridized carbons (Fsp3) is 0.263. The Morgan fingerprint density at radius 3 is 2.38 bits per heavy atom. The highest BCUT2D eigenvalue weighted by molar-refractivity contribution is 9.10. The summed E-state index contributed by atoms with van der Waals surface area (Å²) in [5, 5.41) is 3.44. The van der Waals surface area contributed by atoms with Gasteiger partial charge in [0, 0.05) is 22.6 Å². The molecule has 0 aliphatic rings. The van der Waals surface area contributed by atoms with Crippen molar-refractivity contribution in [1.29, 1.82) is 0 Å². The number of hydrogen-bond donors (Lipinski definition) is 1. The molecule has 2 rings (SSSR count). The van der Waals surface area contributed by atoms with Gasteiger partial charge in [-0.05, 0) is 48.9 Å². The van der Waals surface area contributed by atoms with E-state index >= 15 is 0 Å². The normalized spacial score (nSPS) is 10.3. The maximum atomic E-state index is 12.3. The van der Waals surface area contributed by atoms with Crippen LogP contribution in [0.5, 0.6) is 5.75 Å². The molecule has 26 heavy (non-hydrogen) atoms. The number of nitrogens with zero attached hydrogens (tertiary/aromatic N) is 1. The predicted molar refractivity (Wildman–Crippen MR) is 105 cm³/mol. The van der Waals surface area contributed by atoms with E-state index in [1.807, 2.05) is 31.2 Å². The number of halogens is 2. The Kier molecular flexibility index (Phi) is 7.94. The largest absolute Gasteiger partial charge is 0.484 e. The quantitative estimate of drug-likeness (QED) is 0.683. The number of benzene rings is 2. The van der Waals surface area contributed by atoms with Gasteiger partial charge >= 0.3 is 0 Å². The Morgan fingerprint density at radius 1 is 1.12 bits per heavy atom. The second kappa shape index (κ2) is 10.2. The maximum absolute atomic E-state index is 12.3. The molecule has 5 nitrogen and oxygen atoms in total. The van der Waals surface area contributed by atoms with Crippen LogP contribution in [0.3, 0.4) is 0 Å². The van der Waals surface area contributed by atoms with Crippen molar-refractivity contribution in [2.45, 2.75) is 13.5 Å². The van der Waals surface area contributed by atoms with E-state index in [9.17, 15) is 9.59 Å². The molecule has 0 aliphatic heterocycles. The predicted octanol–water partition coefficient (Wildman–Crippen LogP) is 3.65. The lowest BCUT2D eigenvalue weighted by molar-refractivity contribution is -0.137. The lowest BCUT2D eigenvalue weighted by Crippen LogP contribution is -2.42. The Balaban J connectivity index is 1.78. The minimum absolute atomic E-state index is 0.00732. The van der Waals surface area contributed by atoms with Crippen molar-refractivity contribution >= 4 is 39.3 Å². The number of carbonyl (C=O) groups excluding carboxylic acids is 2. The molecule has 1 N–H and O–H groups in total. The molecule has 0 aromatic heterocycles. The molecule has 0 atom stereocenters. The lowest BCUT2D eigenvalue weighted by atomic mass is 10.2. The van der Waals surface area contributed by atoms with Crippen LogP contribution in [0, 0.1) is 0 Å². The first-order valence-corrected chi connectivity index (χ1v) is 9.32. The Hall–Kier alpha value is -2.05. The van der Waals surface area contributed by atoms with Crippen LogP contribution in [-0.4, -0.2) is 36.4 Å². The van der Waals surface area contributed by atoms with Gasteiger partial charge in [-0.1, -0.05) is 39.7 Å². The molecular weight excluding hydrogens is 420 g/mol. The molecular formula is C19H20BrClN2O3. The Bertz CT molecular complexity index is 735. The second-order valence-electron chi connectivity index (χ2n) is 5.55. The number of nitrogens with one attached hydrogen (secondary N) is 1. The van der Waals surface area contributed by atoms with Gasteiger partial charge in [0.1, 0.15) is 5.75 Å². The smallest absolute Gasteiger partial charge is 0.260 e. The van der Waals surface area contributed by atoms with Crippen LogP contribution < -0.4 is 10.1 Å². The van der Waals surface area contributed by atoms with Crippen LogP contribution in [0.2, 0.25) is 5.02 Å². The van der Waals surface area contributed by atoms with Gasteiger partial charge < -0.3 is 15.0 Å². The highest BCUT2D eigenvalue weighted by atomic mass is 79.9. The zero-order valence-corrected chi connectivity index (χ0v) is 16.7. The molecule has 0 spiro atoms. The lowest BCUT2D eigenvalue weighted by Gasteiger charge is -2.20. The number of carbonyl (C=O) groups is 2. The highest BCUT2D eigenvalue weighted by Gasteiger charge is 2.16. The summed E-state index contributed by atoms with van der Waals surface area (Å²) in [6.07, 6.45) is 0. The van der Waals surface area contributed by atoms with Crippen LogP contribution in [0.1, 0.15) is 12.5 Å². The van der Waals surface area contributed by atoms with Crippen molar-refractivity contribution in [2.24, 2.45) is 0 Å². The molecule has 0 bridgehead atoms. The Morgan fingerprint density at radius 2 is 1.77 bits per heavy atom. The fourth-order valence-corrected chi connectivity index (χ4v) is 2.57. The summed E-state index contributed by atoms with van der Waals surface area (Å²) in [5.74, 6) is 0.139. The molecule has 0 heterocycles. The van der Waals surface area contributed by atoms with E-state index in [0.29, 0.717) is 23.9 Å². The highest BCUT2D eigenvalue weighted by Crippen LogP contribution is 2.16. The number of ether oxygens (including phenoxy) is 1. The minimum Gasteiger partial charge on any atom is -0.484 e. The SMILES string of the molecule is CCN(CC(=O)NCc1ccc(Cl)cc1)C(=O)COc1ccc(Br)cc1. The molecule has 0 radical (unpaired) electrons.